The monoisotopic (exact) mass is 682 g/mol. The number of unbranched alkanes of at least 4 members (excludes halogenated alkanes) is 2. The Kier molecular flexibility index (Phi) is 9.32. The highest BCUT2D eigenvalue weighted by Crippen LogP contribution is 2.57. The van der Waals surface area contributed by atoms with E-state index in [9.17, 15) is 0 Å². The summed E-state index contributed by atoms with van der Waals surface area (Å²) in [4.78, 5) is 8.51. The Morgan fingerprint density at radius 2 is 0.939 bits per heavy atom. The highest BCUT2D eigenvalue weighted by atomic mass is 19.4. The topological polar surface area (TPSA) is 70.5 Å². The molecule has 0 N–H and O–H groups in total. The van der Waals surface area contributed by atoms with Crippen LogP contribution in [0, 0.1) is 0 Å². The molecule has 2 aromatic heterocycles. The Hall–Kier alpha value is -5.00. The SMILES string of the molecule is CCCCOc1ccc(-c2nc3cc(C(c4ccc5oc(-c6ccc(OCCCC)cc6)nc5c4)(C(F)(F)F)C(F)(F)F)ccc3o2)cc1. The molecule has 12 heteroatoms. The van der Waals surface area contributed by atoms with Crippen LogP contribution in [0.4, 0.5) is 26.3 Å². The fourth-order valence-corrected chi connectivity index (χ4v) is 5.61. The summed E-state index contributed by atoms with van der Waals surface area (Å²) in [6.07, 6.45) is -7.94. The lowest BCUT2D eigenvalue weighted by Gasteiger charge is -2.38. The van der Waals surface area contributed by atoms with Gasteiger partial charge in [-0.15, -0.1) is 0 Å². The van der Waals surface area contributed by atoms with Gasteiger partial charge in [-0.1, -0.05) is 38.8 Å². The predicted octanol–water partition coefficient (Wildman–Crippen LogP) is 11.1. The second kappa shape index (κ2) is 13.5. The molecule has 2 heterocycles. The van der Waals surface area contributed by atoms with E-state index in [1.165, 1.54) is 0 Å². The average molecular weight is 683 g/mol. The van der Waals surface area contributed by atoms with Gasteiger partial charge in [0.2, 0.25) is 17.2 Å². The van der Waals surface area contributed by atoms with Crippen molar-refractivity contribution in [2.24, 2.45) is 0 Å². The molecule has 0 aliphatic heterocycles. The van der Waals surface area contributed by atoms with E-state index in [1.54, 1.807) is 48.5 Å². The second-order valence-corrected chi connectivity index (χ2v) is 11.6. The van der Waals surface area contributed by atoms with Crippen molar-refractivity contribution < 1.29 is 44.7 Å². The Balaban J connectivity index is 1.38. The van der Waals surface area contributed by atoms with Crippen LogP contribution in [0.1, 0.15) is 50.7 Å². The number of fused-ring (bicyclic) bond motifs is 2. The average Bonchev–Trinajstić information content (AvgIpc) is 3.69. The van der Waals surface area contributed by atoms with Crippen LogP contribution in [-0.2, 0) is 5.41 Å². The molecule has 0 unspecified atom stereocenters. The van der Waals surface area contributed by atoms with E-state index in [4.69, 9.17) is 18.3 Å². The Bertz CT molecular complexity index is 1880. The van der Waals surface area contributed by atoms with Crippen LogP contribution in [0.2, 0.25) is 0 Å². The van der Waals surface area contributed by atoms with Crippen molar-refractivity contribution in [2.75, 3.05) is 13.2 Å². The van der Waals surface area contributed by atoms with Gasteiger partial charge in [0.15, 0.2) is 11.2 Å². The lowest BCUT2D eigenvalue weighted by molar-refractivity contribution is -0.288. The van der Waals surface area contributed by atoms with Gasteiger partial charge in [-0.3, -0.25) is 0 Å². The molecular formula is C37H32F6N2O4. The van der Waals surface area contributed by atoms with Crippen LogP contribution in [0.5, 0.6) is 11.5 Å². The smallest absolute Gasteiger partial charge is 0.411 e. The molecule has 0 bridgehead atoms. The van der Waals surface area contributed by atoms with Crippen LogP contribution in [-0.4, -0.2) is 35.5 Å². The van der Waals surface area contributed by atoms with E-state index >= 15 is 26.3 Å². The number of ether oxygens (including phenoxy) is 2. The number of halogens is 6. The van der Waals surface area contributed by atoms with E-state index in [2.05, 4.69) is 9.97 Å². The summed E-state index contributed by atoms with van der Waals surface area (Å²) in [5.74, 6) is 1.29. The number of hydrogen-bond donors (Lipinski definition) is 0. The fraction of sp³-hybridized carbons (Fsp3) is 0.297. The van der Waals surface area contributed by atoms with E-state index in [-0.39, 0.29) is 34.0 Å². The lowest BCUT2D eigenvalue weighted by Crippen LogP contribution is -2.54. The number of alkyl halides is 6. The Morgan fingerprint density at radius 1 is 0.551 bits per heavy atom. The predicted molar refractivity (Wildman–Crippen MR) is 173 cm³/mol. The third-order valence-corrected chi connectivity index (χ3v) is 8.23. The number of hydrogen-bond acceptors (Lipinski definition) is 6. The van der Waals surface area contributed by atoms with Gasteiger partial charge in [0, 0.05) is 11.1 Å². The van der Waals surface area contributed by atoms with Gasteiger partial charge in [-0.2, -0.15) is 26.3 Å². The zero-order valence-electron chi connectivity index (χ0n) is 26.6. The normalized spacial score (nSPS) is 12.6. The molecule has 6 aromatic rings. The minimum absolute atomic E-state index is 0.0265. The van der Waals surface area contributed by atoms with Crippen molar-refractivity contribution in [1.29, 1.82) is 0 Å². The van der Waals surface area contributed by atoms with Crippen LogP contribution in [0.25, 0.3) is 45.1 Å². The number of oxazole rings is 2. The highest BCUT2D eigenvalue weighted by molar-refractivity contribution is 5.80. The third-order valence-electron chi connectivity index (χ3n) is 8.23. The standard InChI is InChI=1S/C37H32F6N2O4/c1-3-5-19-46-27-13-7-23(8-14-27)33-44-29-21-25(11-17-31(29)48-33)35(36(38,39)40,37(41,42)43)26-12-18-32-30(22-26)45-34(49-32)24-9-15-28(16-10-24)47-20-6-4-2/h7-18,21-22H,3-6,19-20H2,1-2H3. The largest absolute Gasteiger partial charge is 0.494 e. The number of nitrogens with zero attached hydrogens (tertiary/aromatic N) is 2. The van der Waals surface area contributed by atoms with E-state index in [1.807, 2.05) is 13.8 Å². The van der Waals surface area contributed by atoms with E-state index in [0.29, 0.717) is 35.8 Å². The van der Waals surface area contributed by atoms with Crippen molar-refractivity contribution in [2.45, 2.75) is 57.3 Å². The highest BCUT2D eigenvalue weighted by Gasteiger charge is 2.72. The number of benzene rings is 4. The maximum absolute atomic E-state index is 15.0. The molecule has 0 saturated heterocycles. The van der Waals surface area contributed by atoms with Crippen LogP contribution < -0.4 is 9.47 Å². The fourth-order valence-electron chi connectivity index (χ4n) is 5.61. The van der Waals surface area contributed by atoms with Gasteiger partial charge in [0.25, 0.3) is 0 Å². The maximum atomic E-state index is 15.0. The van der Waals surface area contributed by atoms with Gasteiger partial charge >= 0.3 is 12.4 Å². The summed E-state index contributed by atoms with van der Waals surface area (Å²) in [6.45, 7) is 5.15. The zero-order valence-corrected chi connectivity index (χ0v) is 26.6. The quantitative estimate of drug-likeness (QED) is 0.0945. The molecule has 0 aliphatic rings. The number of aromatic nitrogens is 2. The van der Waals surface area contributed by atoms with Gasteiger partial charge < -0.3 is 18.3 Å². The summed E-state index contributed by atoms with van der Waals surface area (Å²) in [5, 5.41) is 0. The Labute approximate surface area is 277 Å². The molecule has 49 heavy (non-hydrogen) atoms. The van der Waals surface area contributed by atoms with Crippen molar-refractivity contribution >= 4 is 22.2 Å². The molecule has 0 spiro atoms. The first-order chi connectivity index (χ1) is 23.4. The molecule has 0 fully saturated rings. The molecule has 6 nitrogen and oxygen atoms in total. The summed E-state index contributed by atoms with van der Waals surface area (Å²) >= 11 is 0. The van der Waals surface area contributed by atoms with Crippen LogP contribution >= 0.6 is 0 Å². The van der Waals surface area contributed by atoms with Gasteiger partial charge in [-0.25, -0.2) is 9.97 Å². The van der Waals surface area contributed by atoms with Crippen molar-refractivity contribution in [3.63, 3.8) is 0 Å². The first-order valence-electron chi connectivity index (χ1n) is 15.9. The second-order valence-electron chi connectivity index (χ2n) is 11.6. The molecule has 6 rings (SSSR count). The van der Waals surface area contributed by atoms with Crippen LogP contribution in [0.15, 0.2) is 93.8 Å². The molecule has 4 aromatic carbocycles. The first kappa shape index (κ1) is 33.9. The summed E-state index contributed by atoms with van der Waals surface area (Å²) in [6, 6.07) is 18.6. The zero-order chi connectivity index (χ0) is 34.8. The number of rotatable bonds is 12. The van der Waals surface area contributed by atoms with E-state index < -0.39 is 28.9 Å². The van der Waals surface area contributed by atoms with E-state index in [0.717, 1.165) is 62.1 Å². The van der Waals surface area contributed by atoms with Crippen molar-refractivity contribution in [1.82, 2.24) is 9.97 Å². The molecule has 0 atom stereocenters. The van der Waals surface area contributed by atoms with Gasteiger partial charge in [-0.05, 0) is 96.8 Å². The molecule has 0 aliphatic carbocycles. The lowest BCUT2D eigenvalue weighted by atomic mass is 9.72. The summed E-state index contributed by atoms with van der Waals surface area (Å²) in [7, 11) is 0. The molecule has 0 saturated carbocycles. The van der Waals surface area contributed by atoms with Gasteiger partial charge in [0.05, 0.1) is 13.2 Å². The summed E-state index contributed by atoms with van der Waals surface area (Å²) in [5.41, 5.74) is -5.88. The van der Waals surface area contributed by atoms with Crippen molar-refractivity contribution in [3.8, 4) is 34.4 Å². The minimum Gasteiger partial charge on any atom is -0.494 e. The maximum Gasteiger partial charge on any atom is 0.411 e. The third kappa shape index (κ3) is 6.56. The molecule has 0 amide bonds. The van der Waals surface area contributed by atoms with Gasteiger partial charge in [0.1, 0.15) is 22.5 Å². The molecule has 0 radical (unpaired) electrons. The van der Waals surface area contributed by atoms with Crippen molar-refractivity contribution in [3.05, 3.63) is 96.1 Å². The first-order valence-corrected chi connectivity index (χ1v) is 15.9. The molecule has 256 valence electrons. The summed E-state index contributed by atoms with van der Waals surface area (Å²) < 4.78 is 113. The Morgan fingerprint density at radius 3 is 1.29 bits per heavy atom. The molecular weight excluding hydrogens is 650 g/mol. The van der Waals surface area contributed by atoms with Crippen LogP contribution in [0.3, 0.4) is 0 Å². The minimum atomic E-state index is -5.81.